The van der Waals surface area contributed by atoms with Gasteiger partial charge < -0.3 is 5.11 Å². The van der Waals surface area contributed by atoms with Crippen molar-refractivity contribution in [2.75, 3.05) is 0 Å². The quantitative estimate of drug-likeness (QED) is 0.804. The minimum absolute atomic E-state index is 0.241. The molecule has 0 aliphatic carbocycles. The van der Waals surface area contributed by atoms with Crippen molar-refractivity contribution < 1.29 is 9.50 Å². The summed E-state index contributed by atoms with van der Waals surface area (Å²) >= 11 is 2.23. The fourth-order valence-corrected chi connectivity index (χ4v) is 2.50. The van der Waals surface area contributed by atoms with Gasteiger partial charge in [0.25, 0.3) is 0 Å². The van der Waals surface area contributed by atoms with Crippen LogP contribution in [0.5, 0.6) is 0 Å². The second kappa shape index (κ2) is 5.59. The molecule has 1 nitrogen and oxygen atoms in total. The molecule has 0 bridgehead atoms. The van der Waals surface area contributed by atoms with Crippen LogP contribution in [0.4, 0.5) is 4.39 Å². The zero-order valence-corrected chi connectivity index (χ0v) is 13.1. The second-order valence-electron chi connectivity index (χ2n) is 5.03. The van der Waals surface area contributed by atoms with E-state index in [0.29, 0.717) is 6.42 Å². The van der Waals surface area contributed by atoms with E-state index in [1.54, 1.807) is 13.0 Å². The van der Waals surface area contributed by atoms with Crippen molar-refractivity contribution in [2.24, 2.45) is 0 Å². The molecule has 0 fully saturated rings. The van der Waals surface area contributed by atoms with Gasteiger partial charge in [-0.05, 0) is 77.4 Å². The minimum atomic E-state index is -0.951. The van der Waals surface area contributed by atoms with E-state index in [1.165, 1.54) is 12.1 Å². The third-order valence-electron chi connectivity index (χ3n) is 3.31. The smallest absolute Gasteiger partial charge is 0.123 e. The summed E-state index contributed by atoms with van der Waals surface area (Å²) in [5, 5.41) is 10.6. The van der Waals surface area contributed by atoms with E-state index in [2.05, 4.69) is 22.6 Å². The summed E-state index contributed by atoms with van der Waals surface area (Å²) in [4.78, 5) is 0. The summed E-state index contributed by atoms with van der Waals surface area (Å²) in [6, 6.07) is 12.5. The van der Waals surface area contributed by atoms with E-state index in [0.717, 1.165) is 20.3 Å². The first kappa shape index (κ1) is 14.5. The molecule has 0 heterocycles. The summed E-state index contributed by atoms with van der Waals surface area (Å²) in [5.41, 5.74) is 1.75. The Balaban J connectivity index is 2.27. The Morgan fingerprint density at radius 3 is 2.37 bits per heavy atom. The van der Waals surface area contributed by atoms with Crippen LogP contribution in [0.2, 0.25) is 0 Å². The lowest BCUT2D eigenvalue weighted by atomic mass is 9.87. The molecule has 2 aromatic carbocycles. The number of hydrogen-bond donors (Lipinski definition) is 1. The van der Waals surface area contributed by atoms with Crippen molar-refractivity contribution >= 4 is 22.6 Å². The monoisotopic (exact) mass is 370 g/mol. The zero-order valence-electron chi connectivity index (χ0n) is 11.0. The average Bonchev–Trinajstić information content (AvgIpc) is 2.33. The van der Waals surface area contributed by atoms with Crippen LogP contribution in [0.3, 0.4) is 0 Å². The van der Waals surface area contributed by atoms with E-state index < -0.39 is 5.60 Å². The maximum atomic E-state index is 13.1. The molecule has 1 N–H and O–H groups in total. The van der Waals surface area contributed by atoms with Crippen LogP contribution in [0.1, 0.15) is 23.6 Å². The number of rotatable bonds is 3. The number of halogens is 2. The SMILES string of the molecule is Cc1cc(F)ccc1CC(C)(O)c1ccc(I)cc1. The number of aliphatic hydroxyl groups is 1. The fourth-order valence-electron chi connectivity index (χ4n) is 2.14. The highest BCUT2D eigenvalue weighted by molar-refractivity contribution is 14.1. The number of hydrogen-bond acceptors (Lipinski definition) is 1. The lowest BCUT2D eigenvalue weighted by molar-refractivity contribution is 0.0574. The molecule has 2 rings (SSSR count). The van der Waals surface area contributed by atoms with E-state index in [1.807, 2.05) is 31.2 Å². The lowest BCUT2D eigenvalue weighted by Crippen LogP contribution is -2.24. The van der Waals surface area contributed by atoms with Gasteiger partial charge in [0, 0.05) is 9.99 Å². The van der Waals surface area contributed by atoms with E-state index in [4.69, 9.17) is 0 Å². The van der Waals surface area contributed by atoms with Crippen molar-refractivity contribution in [2.45, 2.75) is 25.9 Å². The van der Waals surface area contributed by atoms with Crippen molar-refractivity contribution in [3.8, 4) is 0 Å². The second-order valence-corrected chi connectivity index (χ2v) is 6.27. The maximum absolute atomic E-state index is 13.1. The summed E-state index contributed by atoms with van der Waals surface area (Å²) in [6.45, 7) is 3.65. The van der Waals surface area contributed by atoms with Gasteiger partial charge in [-0.3, -0.25) is 0 Å². The predicted molar refractivity (Wildman–Crippen MR) is 83.6 cm³/mol. The molecule has 19 heavy (non-hydrogen) atoms. The molecule has 0 aliphatic rings. The molecular weight excluding hydrogens is 354 g/mol. The molecular formula is C16H16FIO. The minimum Gasteiger partial charge on any atom is -0.385 e. The fraction of sp³-hybridized carbons (Fsp3) is 0.250. The Hall–Kier alpha value is -0.940. The Morgan fingerprint density at radius 2 is 1.79 bits per heavy atom. The predicted octanol–water partition coefficient (Wildman–Crippen LogP) is 4.19. The maximum Gasteiger partial charge on any atom is 0.123 e. The first-order chi connectivity index (χ1) is 8.88. The lowest BCUT2D eigenvalue weighted by Gasteiger charge is -2.25. The van der Waals surface area contributed by atoms with E-state index in [-0.39, 0.29) is 5.82 Å². The van der Waals surface area contributed by atoms with Crippen molar-refractivity contribution in [1.29, 1.82) is 0 Å². The van der Waals surface area contributed by atoms with E-state index in [9.17, 15) is 9.50 Å². The van der Waals surface area contributed by atoms with Crippen molar-refractivity contribution in [3.05, 3.63) is 68.5 Å². The highest BCUT2D eigenvalue weighted by Gasteiger charge is 2.24. The topological polar surface area (TPSA) is 20.2 Å². The third kappa shape index (κ3) is 3.54. The number of aryl methyl sites for hydroxylation is 1. The van der Waals surface area contributed by atoms with Gasteiger partial charge in [-0.15, -0.1) is 0 Å². The van der Waals surface area contributed by atoms with Crippen molar-refractivity contribution in [3.63, 3.8) is 0 Å². The Kier molecular flexibility index (Phi) is 4.26. The molecule has 0 saturated carbocycles. The first-order valence-corrected chi connectivity index (χ1v) is 7.20. The largest absolute Gasteiger partial charge is 0.385 e. The molecule has 100 valence electrons. The third-order valence-corrected chi connectivity index (χ3v) is 4.02. The normalized spacial score (nSPS) is 14.2. The molecule has 0 aliphatic heterocycles. The first-order valence-electron chi connectivity index (χ1n) is 6.12. The average molecular weight is 370 g/mol. The summed E-state index contributed by atoms with van der Waals surface area (Å²) < 4.78 is 14.2. The van der Waals surface area contributed by atoms with E-state index >= 15 is 0 Å². The zero-order chi connectivity index (χ0) is 14.0. The van der Waals surface area contributed by atoms with Gasteiger partial charge in [0.05, 0.1) is 5.60 Å². The highest BCUT2D eigenvalue weighted by atomic mass is 127. The van der Waals surface area contributed by atoms with Crippen LogP contribution >= 0.6 is 22.6 Å². The standard InChI is InChI=1S/C16H16FIO/c1-11-9-14(17)6-3-12(11)10-16(2,19)13-4-7-15(18)8-5-13/h3-9,19H,10H2,1-2H3. The Labute approximate surface area is 126 Å². The molecule has 1 atom stereocenters. The van der Waals surface area contributed by atoms with Crippen molar-refractivity contribution in [1.82, 2.24) is 0 Å². The van der Waals surface area contributed by atoms with Gasteiger partial charge in [-0.25, -0.2) is 4.39 Å². The summed E-state index contributed by atoms with van der Waals surface area (Å²) in [7, 11) is 0. The van der Waals surface area contributed by atoms with Gasteiger partial charge >= 0.3 is 0 Å². The van der Waals surface area contributed by atoms with Gasteiger partial charge in [0.15, 0.2) is 0 Å². The van der Waals surface area contributed by atoms with Crippen LogP contribution in [-0.4, -0.2) is 5.11 Å². The molecule has 3 heteroatoms. The van der Waals surface area contributed by atoms with Crippen LogP contribution in [0.25, 0.3) is 0 Å². The Morgan fingerprint density at radius 1 is 1.16 bits per heavy atom. The molecule has 0 spiro atoms. The van der Waals surface area contributed by atoms with Gasteiger partial charge in [-0.2, -0.15) is 0 Å². The molecule has 1 unspecified atom stereocenters. The summed E-state index contributed by atoms with van der Waals surface area (Å²) in [5.74, 6) is -0.241. The van der Waals surface area contributed by atoms with Gasteiger partial charge in [0.1, 0.15) is 5.82 Å². The summed E-state index contributed by atoms with van der Waals surface area (Å²) in [6.07, 6.45) is 0.472. The van der Waals surface area contributed by atoms with Crippen LogP contribution in [0, 0.1) is 16.3 Å². The Bertz CT molecular complexity index is 576. The highest BCUT2D eigenvalue weighted by Crippen LogP contribution is 2.27. The molecule has 0 amide bonds. The van der Waals surface area contributed by atoms with Gasteiger partial charge in [-0.1, -0.05) is 18.2 Å². The molecule has 0 radical (unpaired) electrons. The molecule has 0 aromatic heterocycles. The molecule has 0 saturated heterocycles. The van der Waals surface area contributed by atoms with Crippen LogP contribution in [-0.2, 0) is 12.0 Å². The van der Waals surface area contributed by atoms with Crippen LogP contribution < -0.4 is 0 Å². The molecule has 2 aromatic rings. The van der Waals surface area contributed by atoms with Gasteiger partial charge in [0.2, 0.25) is 0 Å². The number of benzene rings is 2. The van der Waals surface area contributed by atoms with Crippen LogP contribution in [0.15, 0.2) is 42.5 Å².